The molecule has 2 atom stereocenters. The maximum atomic E-state index is 3.69. The molecule has 1 heterocycles. The second-order valence-electron chi connectivity index (χ2n) is 6.53. The molecule has 0 radical (unpaired) electrons. The smallest absolute Gasteiger partial charge is 0.0252 e. The molecule has 2 unspecified atom stereocenters. The van der Waals surface area contributed by atoms with E-state index in [4.69, 9.17) is 0 Å². The van der Waals surface area contributed by atoms with Crippen molar-refractivity contribution in [3.63, 3.8) is 0 Å². The van der Waals surface area contributed by atoms with Crippen LogP contribution in [0, 0.1) is 5.92 Å². The van der Waals surface area contributed by atoms with Gasteiger partial charge in [0.15, 0.2) is 0 Å². The Bertz CT molecular complexity index is 213. The Hall–Kier alpha value is -0.0800. The molecule has 0 aliphatic carbocycles. The molecule has 102 valence electrons. The second-order valence-corrected chi connectivity index (χ2v) is 6.53. The van der Waals surface area contributed by atoms with Crippen molar-refractivity contribution in [3.8, 4) is 0 Å². The molecule has 1 aliphatic heterocycles. The Morgan fingerprint density at radius 3 is 2.59 bits per heavy atom. The lowest BCUT2D eigenvalue weighted by molar-refractivity contribution is 0.0749. The molecule has 1 saturated heterocycles. The number of rotatable bonds is 6. The molecule has 2 nitrogen and oxygen atoms in total. The summed E-state index contributed by atoms with van der Waals surface area (Å²) in [6, 6.07) is 0.757. The van der Waals surface area contributed by atoms with Crippen LogP contribution in [-0.4, -0.2) is 36.1 Å². The van der Waals surface area contributed by atoms with E-state index in [2.05, 4.69) is 44.8 Å². The van der Waals surface area contributed by atoms with Crippen molar-refractivity contribution < 1.29 is 0 Å². The van der Waals surface area contributed by atoms with Gasteiger partial charge in [0.25, 0.3) is 0 Å². The molecule has 1 rings (SSSR count). The lowest BCUT2D eigenvalue weighted by Gasteiger charge is -2.45. The van der Waals surface area contributed by atoms with Crippen molar-refractivity contribution in [2.24, 2.45) is 5.92 Å². The van der Waals surface area contributed by atoms with E-state index >= 15 is 0 Å². The fourth-order valence-corrected chi connectivity index (χ4v) is 3.03. The van der Waals surface area contributed by atoms with Crippen LogP contribution >= 0.6 is 0 Å². The number of hydrogen-bond donors (Lipinski definition) is 1. The van der Waals surface area contributed by atoms with Crippen LogP contribution < -0.4 is 5.32 Å². The average Bonchev–Trinajstić information content (AvgIpc) is 2.22. The third-order valence-electron chi connectivity index (χ3n) is 3.88. The molecule has 0 spiro atoms. The summed E-state index contributed by atoms with van der Waals surface area (Å²) < 4.78 is 0. The SMILES string of the molecule is CCCC(C)CN1CC(C)(C)NCC1CCC. The van der Waals surface area contributed by atoms with Gasteiger partial charge in [-0.2, -0.15) is 0 Å². The zero-order valence-corrected chi connectivity index (χ0v) is 12.6. The van der Waals surface area contributed by atoms with Crippen molar-refractivity contribution in [3.05, 3.63) is 0 Å². The van der Waals surface area contributed by atoms with Crippen LogP contribution in [0.3, 0.4) is 0 Å². The lowest BCUT2D eigenvalue weighted by atomic mass is 9.94. The van der Waals surface area contributed by atoms with Gasteiger partial charge >= 0.3 is 0 Å². The zero-order valence-electron chi connectivity index (χ0n) is 12.6. The summed E-state index contributed by atoms with van der Waals surface area (Å²) >= 11 is 0. The van der Waals surface area contributed by atoms with E-state index in [9.17, 15) is 0 Å². The van der Waals surface area contributed by atoms with Crippen LogP contribution in [0.4, 0.5) is 0 Å². The van der Waals surface area contributed by atoms with Gasteiger partial charge in [-0.15, -0.1) is 0 Å². The van der Waals surface area contributed by atoms with Gasteiger partial charge in [-0.05, 0) is 32.6 Å². The van der Waals surface area contributed by atoms with Gasteiger partial charge in [-0.3, -0.25) is 4.90 Å². The molecule has 0 saturated carbocycles. The summed E-state index contributed by atoms with van der Waals surface area (Å²) in [6.07, 6.45) is 5.31. The molecule has 1 aliphatic rings. The summed E-state index contributed by atoms with van der Waals surface area (Å²) in [4.78, 5) is 2.74. The van der Waals surface area contributed by atoms with Gasteiger partial charge in [-0.25, -0.2) is 0 Å². The molecule has 1 N–H and O–H groups in total. The first-order valence-corrected chi connectivity index (χ1v) is 7.47. The number of nitrogens with one attached hydrogen (secondary N) is 1. The lowest BCUT2D eigenvalue weighted by Crippen LogP contribution is -2.62. The average molecular weight is 240 g/mol. The third kappa shape index (κ3) is 4.97. The molecule has 2 heteroatoms. The van der Waals surface area contributed by atoms with Gasteiger partial charge < -0.3 is 5.32 Å². The Morgan fingerprint density at radius 2 is 2.00 bits per heavy atom. The van der Waals surface area contributed by atoms with Gasteiger partial charge in [-0.1, -0.05) is 33.6 Å². The predicted octanol–water partition coefficient (Wildman–Crippen LogP) is 3.28. The van der Waals surface area contributed by atoms with Crippen LogP contribution in [-0.2, 0) is 0 Å². The Balaban J connectivity index is 2.54. The number of nitrogens with zero attached hydrogens (tertiary/aromatic N) is 1. The van der Waals surface area contributed by atoms with Crippen LogP contribution in [0.25, 0.3) is 0 Å². The largest absolute Gasteiger partial charge is 0.309 e. The third-order valence-corrected chi connectivity index (χ3v) is 3.88. The fraction of sp³-hybridized carbons (Fsp3) is 1.00. The molecule has 17 heavy (non-hydrogen) atoms. The number of hydrogen-bond acceptors (Lipinski definition) is 2. The van der Waals surface area contributed by atoms with E-state index in [1.54, 1.807) is 0 Å². The zero-order chi connectivity index (χ0) is 12.9. The molecule has 1 fully saturated rings. The maximum Gasteiger partial charge on any atom is 0.0252 e. The van der Waals surface area contributed by atoms with Crippen molar-refractivity contribution in [2.75, 3.05) is 19.6 Å². The fourth-order valence-electron chi connectivity index (χ4n) is 3.03. The van der Waals surface area contributed by atoms with Crippen molar-refractivity contribution in [1.82, 2.24) is 10.2 Å². The first-order chi connectivity index (χ1) is 7.98. The minimum absolute atomic E-state index is 0.288. The molecule has 0 amide bonds. The van der Waals surface area contributed by atoms with E-state index in [-0.39, 0.29) is 5.54 Å². The predicted molar refractivity (Wildman–Crippen MR) is 76.4 cm³/mol. The highest BCUT2D eigenvalue weighted by molar-refractivity contribution is 4.92. The quantitative estimate of drug-likeness (QED) is 0.766. The normalized spacial score (nSPS) is 27.0. The van der Waals surface area contributed by atoms with Crippen LogP contribution in [0.1, 0.15) is 60.3 Å². The Labute approximate surface area is 108 Å². The van der Waals surface area contributed by atoms with E-state index in [1.807, 2.05) is 0 Å². The number of piperazine rings is 1. The Kier molecular flexibility index (Phi) is 5.94. The van der Waals surface area contributed by atoms with E-state index < -0.39 is 0 Å². The molecule has 0 aromatic carbocycles. The summed E-state index contributed by atoms with van der Waals surface area (Å²) in [5, 5.41) is 3.69. The van der Waals surface area contributed by atoms with E-state index in [1.165, 1.54) is 45.3 Å². The van der Waals surface area contributed by atoms with Gasteiger partial charge in [0.1, 0.15) is 0 Å². The summed E-state index contributed by atoms with van der Waals surface area (Å²) in [5.74, 6) is 0.841. The molecule has 0 bridgehead atoms. The highest BCUT2D eigenvalue weighted by Gasteiger charge is 2.32. The highest BCUT2D eigenvalue weighted by Crippen LogP contribution is 2.20. The van der Waals surface area contributed by atoms with Crippen molar-refractivity contribution in [2.45, 2.75) is 71.9 Å². The van der Waals surface area contributed by atoms with Crippen molar-refractivity contribution in [1.29, 1.82) is 0 Å². The highest BCUT2D eigenvalue weighted by atomic mass is 15.2. The van der Waals surface area contributed by atoms with Gasteiger partial charge in [0, 0.05) is 31.2 Å². The standard InChI is InChI=1S/C15H32N2/c1-6-8-13(3)11-17-12-15(4,5)16-10-14(17)9-7-2/h13-14,16H,6-12H2,1-5H3. The Morgan fingerprint density at radius 1 is 1.29 bits per heavy atom. The molecule has 0 aromatic heterocycles. The minimum Gasteiger partial charge on any atom is -0.309 e. The summed E-state index contributed by atoms with van der Waals surface area (Å²) in [6.45, 7) is 15.3. The first kappa shape index (κ1) is 15.0. The minimum atomic E-state index is 0.288. The molecular formula is C15H32N2. The monoisotopic (exact) mass is 240 g/mol. The van der Waals surface area contributed by atoms with E-state index in [0.717, 1.165) is 12.0 Å². The maximum absolute atomic E-state index is 3.69. The van der Waals surface area contributed by atoms with Crippen LogP contribution in [0.2, 0.25) is 0 Å². The van der Waals surface area contributed by atoms with Crippen LogP contribution in [0.5, 0.6) is 0 Å². The molecule has 0 aromatic rings. The van der Waals surface area contributed by atoms with Gasteiger partial charge in [0.2, 0.25) is 0 Å². The molecular weight excluding hydrogens is 208 g/mol. The topological polar surface area (TPSA) is 15.3 Å². The second kappa shape index (κ2) is 6.75. The summed E-state index contributed by atoms with van der Waals surface area (Å²) in [7, 11) is 0. The van der Waals surface area contributed by atoms with Crippen molar-refractivity contribution >= 4 is 0 Å². The first-order valence-electron chi connectivity index (χ1n) is 7.47. The van der Waals surface area contributed by atoms with Crippen LogP contribution in [0.15, 0.2) is 0 Å². The van der Waals surface area contributed by atoms with E-state index in [0.29, 0.717) is 0 Å². The summed E-state index contributed by atoms with van der Waals surface area (Å²) in [5.41, 5.74) is 0.288. The van der Waals surface area contributed by atoms with Gasteiger partial charge in [0.05, 0.1) is 0 Å².